The second-order valence-electron chi connectivity index (χ2n) is 12.6. The molecule has 0 aliphatic rings. The molecule has 0 saturated heterocycles. The van der Waals surface area contributed by atoms with Gasteiger partial charge in [0.1, 0.15) is 29.8 Å². The first-order valence-corrected chi connectivity index (χ1v) is 15.4. The number of para-hydroxylation sites is 2. The zero-order valence-electron chi connectivity index (χ0n) is 26.4. The van der Waals surface area contributed by atoms with Gasteiger partial charge in [0, 0.05) is 28.2 Å². The lowest BCUT2D eigenvalue weighted by Gasteiger charge is -2.33. The topological polar surface area (TPSA) is 29.0 Å². The highest BCUT2D eigenvalue weighted by Crippen LogP contribution is 2.38. The van der Waals surface area contributed by atoms with E-state index in [2.05, 4.69) is 161 Å². The highest BCUT2D eigenvalue weighted by Gasteiger charge is 2.23. The van der Waals surface area contributed by atoms with Crippen LogP contribution in [0.1, 0.15) is 0 Å². The van der Waals surface area contributed by atoms with Crippen LogP contribution in [0.3, 0.4) is 0 Å². The lowest BCUT2D eigenvalue weighted by atomic mass is 9.97. The summed E-state index contributed by atoms with van der Waals surface area (Å²) >= 11 is 1.28. The van der Waals surface area contributed by atoms with Crippen molar-refractivity contribution in [1.82, 2.24) is 13.2 Å². The Morgan fingerprint density at radius 2 is 0.933 bits per heavy atom. The standard InChI is InChI=1S/C37H39N5S.2BrH/c1-41(2,3)26-27-42(4,5)33-22-18-29(19-23-33)35-25-24-34(36-37(35)39-43-38-36)28-16-20-32(21-17-28)40(30-12-8-6-9-13-30)31-14-10-7-11-15-31;;/h6-25H,26-27H2,1-5H3;2*1H/q+2;;/p-2. The molecule has 6 rings (SSSR count). The second-order valence-corrected chi connectivity index (χ2v) is 13.2. The molecule has 0 atom stereocenters. The van der Waals surface area contributed by atoms with Gasteiger partial charge in [-0.1, -0.05) is 60.7 Å². The summed E-state index contributed by atoms with van der Waals surface area (Å²) in [7, 11) is 11.3. The molecule has 0 N–H and O–H groups in total. The van der Waals surface area contributed by atoms with E-state index in [-0.39, 0.29) is 34.0 Å². The molecule has 6 aromatic rings. The lowest BCUT2D eigenvalue weighted by Crippen LogP contribution is -3.00. The van der Waals surface area contributed by atoms with Crippen molar-refractivity contribution in [1.29, 1.82) is 0 Å². The van der Waals surface area contributed by atoms with E-state index in [1.807, 2.05) is 0 Å². The Morgan fingerprint density at radius 3 is 1.38 bits per heavy atom. The maximum atomic E-state index is 4.75. The van der Waals surface area contributed by atoms with Gasteiger partial charge in [-0.3, -0.25) is 4.48 Å². The van der Waals surface area contributed by atoms with Crippen LogP contribution in [0.4, 0.5) is 22.7 Å². The van der Waals surface area contributed by atoms with Crippen molar-refractivity contribution in [3.8, 4) is 22.3 Å². The van der Waals surface area contributed by atoms with Gasteiger partial charge in [0.15, 0.2) is 0 Å². The highest BCUT2D eigenvalue weighted by molar-refractivity contribution is 7.00. The van der Waals surface area contributed by atoms with Crippen LogP contribution in [0.2, 0.25) is 0 Å². The average molecular weight is 746 g/mol. The molecule has 0 radical (unpaired) electrons. The zero-order chi connectivity index (χ0) is 30.0. The van der Waals surface area contributed by atoms with Gasteiger partial charge < -0.3 is 43.3 Å². The number of nitrogens with zero attached hydrogens (tertiary/aromatic N) is 5. The van der Waals surface area contributed by atoms with Crippen molar-refractivity contribution < 1.29 is 38.4 Å². The number of halogens is 2. The maximum absolute atomic E-state index is 4.75. The Bertz CT molecular complexity index is 1780. The summed E-state index contributed by atoms with van der Waals surface area (Å²) in [4.78, 5) is 2.28. The molecule has 0 amide bonds. The summed E-state index contributed by atoms with van der Waals surface area (Å²) in [6.07, 6.45) is 0. The number of aromatic nitrogens is 2. The molecular formula is C37H39Br2N5S. The first-order valence-electron chi connectivity index (χ1n) is 14.7. The van der Waals surface area contributed by atoms with E-state index in [0.29, 0.717) is 0 Å². The number of benzene rings is 5. The monoisotopic (exact) mass is 743 g/mol. The number of quaternary nitrogens is 2. The van der Waals surface area contributed by atoms with Crippen molar-refractivity contribution in [2.24, 2.45) is 0 Å². The minimum atomic E-state index is 0. The van der Waals surface area contributed by atoms with Crippen LogP contribution in [-0.4, -0.2) is 61.6 Å². The quantitative estimate of drug-likeness (QED) is 0.214. The van der Waals surface area contributed by atoms with Gasteiger partial charge in [0.25, 0.3) is 0 Å². The summed E-state index contributed by atoms with van der Waals surface area (Å²) in [6, 6.07) is 43.1. The molecule has 232 valence electrons. The Morgan fingerprint density at radius 1 is 0.511 bits per heavy atom. The van der Waals surface area contributed by atoms with Gasteiger partial charge in [0.2, 0.25) is 0 Å². The van der Waals surface area contributed by atoms with Crippen LogP contribution in [0.5, 0.6) is 0 Å². The molecule has 5 aromatic carbocycles. The number of hydrogen-bond donors (Lipinski definition) is 0. The highest BCUT2D eigenvalue weighted by atomic mass is 79.9. The van der Waals surface area contributed by atoms with Crippen molar-refractivity contribution in [3.05, 3.63) is 121 Å². The van der Waals surface area contributed by atoms with Gasteiger partial charge >= 0.3 is 0 Å². The van der Waals surface area contributed by atoms with Crippen LogP contribution in [0.25, 0.3) is 33.3 Å². The molecule has 5 nitrogen and oxygen atoms in total. The third-order valence-electron chi connectivity index (χ3n) is 8.09. The van der Waals surface area contributed by atoms with Crippen LogP contribution in [0.15, 0.2) is 121 Å². The van der Waals surface area contributed by atoms with Crippen LogP contribution < -0.4 is 43.3 Å². The van der Waals surface area contributed by atoms with E-state index in [1.54, 1.807) is 0 Å². The third-order valence-corrected chi connectivity index (χ3v) is 8.62. The number of likely N-dealkylation sites (N-methyl/N-ethyl adjacent to an activating group) is 2. The summed E-state index contributed by atoms with van der Waals surface area (Å²) in [5.74, 6) is 0. The minimum Gasteiger partial charge on any atom is -1.00 e. The molecule has 0 unspecified atom stereocenters. The molecule has 0 spiro atoms. The van der Waals surface area contributed by atoms with E-state index in [9.17, 15) is 0 Å². The van der Waals surface area contributed by atoms with Crippen molar-refractivity contribution in [2.75, 3.05) is 53.2 Å². The molecule has 8 heteroatoms. The SMILES string of the molecule is C[N+](C)(C)CC[N+](C)(C)c1ccc(-c2ccc(-c3ccc(N(c4ccccc4)c4ccccc4)cc3)c3nsnc23)cc1.[Br-].[Br-]. The molecule has 0 saturated carbocycles. The number of hydrogen-bond acceptors (Lipinski definition) is 4. The lowest BCUT2D eigenvalue weighted by molar-refractivity contribution is -0.869. The average Bonchev–Trinajstić information content (AvgIpc) is 3.52. The normalized spacial score (nSPS) is 11.5. The Labute approximate surface area is 292 Å². The van der Waals surface area contributed by atoms with Crippen molar-refractivity contribution in [2.45, 2.75) is 0 Å². The molecule has 0 aliphatic heterocycles. The zero-order valence-corrected chi connectivity index (χ0v) is 30.3. The number of rotatable bonds is 9. The molecule has 1 heterocycles. The predicted molar refractivity (Wildman–Crippen MR) is 184 cm³/mol. The summed E-state index contributed by atoms with van der Waals surface area (Å²) in [5.41, 5.74) is 11.1. The fourth-order valence-electron chi connectivity index (χ4n) is 5.45. The second kappa shape index (κ2) is 14.4. The Hall–Kier alpha value is -3.40. The van der Waals surface area contributed by atoms with Crippen LogP contribution in [-0.2, 0) is 0 Å². The van der Waals surface area contributed by atoms with Gasteiger partial charge in [-0.05, 0) is 71.8 Å². The van der Waals surface area contributed by atoms with Gasteiger partial charge in [-0.25, -0.2) is 0 Å². The third kappa shape index (κ3) is 7.71. The first-order chi connectivity index (χ1) is 20.7. The summed E-state index contributed by atoms with van der Waals surface area (Å²) < 4.78 is 11.3. The van der Waals surface area contributed by atoms with Crippen molar-refractivity contribution >= 4 is 45.5 Å². The Kier molecular flexibility index (Phi) is 11.0. The molecule has 0 fully saturated rings. The van der Waals surface area contributed by atoms with E-state index in [0.717, 1.165) is 72.4 Å². The fourth-order valence-corrected chi connectivity index (χ4v) is 6.02. The maximum Gasteiger partial charge on any atom is 0.133 e. The molecule has 1 aromatic heterocycles. The number of anilines is 3. The minimum absolute atomic E-state index is 0. The smallest absolute Gasteiger partial charge is 0.133 e. The number of fused-ring (bicyclic) bond motifs is 1. The molecule has 45 heavy (non-hydrogen) atoms. The largest absolute Gasteiger partial charge is 1.00 e. The molecule has 0 bridgehead atoms. The Balaban J connectivity index is 0.00000230. The van der Waals surface area contributed by atoms with Gasteiger partial charge in [0.05, 0.1) is 47.0 Å². The van der Waals surface area contributed by atoms with Gasteiger partial charge in [-0.2, -0.15) is 8.75 Å². The van der Waals surface area contributed by atoms with Crippen LogP contribution >= 0.6 is 11.7 Å². The van der Waals surface area contributed by atoms with E-state index < -0.39 is 0 Å². The van der Waals surface area contributed by atoms with Gasteiger partial charge in [-0.15, -0.1) is 0 Å². The molecular weight excluding hydrogens is 706 g/mol. The van der Waals surface area contributed by atoms with Crippen molar-refractivity contribution in [3.63, 3.8) is 0 Å². The van der Waals surface area contributed by atoms with E-state index >= 15 is 0 Å². The first kappa shape index (κ1) is 34.5. The fraction of sp³-hybridized carbons (Fsp3) is 0.189. The summed E-state index contributed by atoms with van der Waals surface area (Å²) in [5, 5.41) is 0. The van der Waals surface area contributed by atoms with E-state index in [4.69, 9.17) is 8.75 Å². The van der Waals surface area contributed by atoms with Crippen LogP contribution in [0, 0.1) is 0 Å². The summed E-state index contributed by atoms with van der Waals surface area (Å²) in [6.45, 7) is 2.18. The van der Waals surface area contributed by atoms with E-state index in [1.165, 1.54) is 17.4 Å². The molecule has 0 aliphatic carbocycles. The predicted octanol–water partition coefficient (Wildman–Crippen LogP) is 2.78.